The number of rotatable bonds is 10. The van der Waals surface area contributed by atoms with Crippen molar-refractivity contribution in [2.24, 2.45) is 11.8 Å². The van der Waals surface area contributed by atoms with Crippen LogP contribution in [0.25, 0.3) is 0 Å². The molecule has 1 aromatic rings. The highest BCUT2D eigenvalue weighted by Gasteiger charge is 2.20. The Morgan fingerprint density at radius 2 is 2.11 bits per heavy atom. The molecule has 0 aromatic heterocycles. The maximum absolute atomic E-state index is 12.3. The molecule has 152 valence electrons. The van der Waals surface area contributed by atoms with Gasteiger partial charge in [-0.3, -0.25) is 4.79 Å². The molecule has 1 aliphatic heterocycles. The van der Waals surface area contributed by atoms with Gasteiger partial charge in [-0.25, -0.2) is 0 Å². The van der Waals surface area contributed by atoms with E-state index < -0.39 is 0 Å². The highest BCUT2D eigenvalue weighted by atomic mass is 16.5. The predicted octanol–water partition coefficient (Wildman–Crippen LogP) is 3.86. The topological polar surface area (TPSA) is 50.8 Å². The van der Waals surface area contributed by atoms with Crippen LogP contribution < -0.4 is 14.8 Å². The maximum atomic E-state index is 12.3. The van der Waals surface area contributed by atoms with Crippen molar-refractivity contribution in [3.05, 3.63) is 23.8 Å². The molecule has 1 saturated heterocycles. The van der Waals surface area contributed by atoms with Gasteiger partial charge in [-0.2, -0.15) is 0 Å². The number of benzene rings is 1. The SMILES string of the molecule is COc1ccc(CNC(=O)CC[C@@H]2CCCN(CCC(C)C)C2)c(OC)c1. The summed E-state index contributed by atoms with van der Waals surface area (Å²) in [6, 6.07) is 5.67. The van der Waals surface area contributed by atoms with Crippen molar-refractivity contribution in [1.82, 2.24) is 10.2 Å². The molecule has 1 aromatic carbocycles. The summed E-state index contributed by atoms with van der Waals surface area (Å²) < 4.78 is 10.6. The van der Waals surface area contributed by atoms with E-state index in [1.165, 1.54) is 32.4 Å². The molecular weight excluding hydrogens is 340 g/mol. The molecule has 0 aliphatic carbocycles. The lowest BCUT2D eigenvalue weighted by Gasteiger charge is -2.33. The second-order valence-electron chi connectivity index (χ2n) is 7.98. The Kier molecular flexibility index (Phi) is 8.92. The fraction of sp³-hybridized carbons (Fsp3) is 0.682. The van der Waals surface area contributed by atoms with E-state index in [4.69, 9.17) is 9.47 Å². The first kappa shape index (κ1) is 21.5. The molecular formula is C22H36N2O3. The lowest BCUT2D eigenvalue weighted by Crippen LogP contribution is -2.37. The standard InChI is InChI=1S/C22H36N2O3/c1-17(2)11-13-24-12-5-6-18(16-24)7-10-22(25)23-15-19-8-9-20(26-3)14-21(19)27-4/h8-9,14,17-18H,5-7,10-13,15-16H2,1-4H3,(H,23,25)/t18-/m0/s1. The zero-order chi connectivity index (χ0) is 19.6. The van der Waals surface area contributed by atoms with Gasteiger partial charge in [0.1, 0.15) is 11.5 Å². The molecule has 0 saturated carbocycles. The normalized spacial score (nSPS) is 17.7. The Labute approximate surface area is 164 Å². The number of piperidine rings is 1. The second kappa shape index (κ2) is 11.2. The van der Waals surface area contributed by atoms with Crippen molar-refractivity contribution in [1.29, 1.82) is 0 Å². The first-order chi connectivity index (χ1) is 13.0. The Morgan fingerprint density at radius 3 is 2.81 bits per heavy atom. The number of likely N-dealkylation sites (tertiary alicyclic amines) is 1. The summed E-state index contributed by atoms with van der Waals surface area (Å²) in [6.45, 7) is 8.60. The van der Waals surface area contributed by atoms with Crippen LogP contribution in [-0.4, -0.2) is 44.7 Å². The Bertz CT molecular complexity index is 589. The highest BCUT2D eigenvalue weighted by Crippen LogP contribution is 2.25. The lowest BCUT2D eigenvalue weighted by atomic mass is 9.93. The summed E-state index contributed by atoms with van der Waals surface area (Å²) in [5, 5.41) is 3.03. The first-order valence-electron chi connectivity index (χ1n) is 10.2. The molecule has 1 fully saturated rings. The van der Waals surface area contributed by atoms with Crippen LogP contribution in [0, 0.1) is 11.8 Å². The van der Waals surface area contributed by atoms with Crippen LogP contribution >= 0.6 is 0 Å². The molecule has 2 rings (SSSR count). The smallest absolute Gasteiger partial charge is 0.220 e. The van der Waals surface area contributed by atoms with Crippen molar-refractivity contribution in [3.8, 4) is 11.5 Å². The minimum atomic E-state index is 0.118. The largest absolute Gasteiger partial charge is 0.497 e. The van der Waals surface area contributed by atoms with Gasteiger partial charge in [-0.15, -0.1) is 0 Å². The van der Waals surface area contributed by atoms with Crippen LogP contribution in [0.4, 0.5) is 0 Å². The fourth-order valence-corrected chi connectivity index (χ4v) is 3.65. The molecule has 1 heterocycles. The number of methoxy groups -OCH3 is 2. The molecule has 0 spiro atoms. The molecule has 1 aliphatic rings. The summed E-state index contributed by atoms with van der Waals surface area (Å²) >= 11 is 0. The molecule has 0 bridgehead atoms. The van der Waals surface area contributed by atoms with Gasteiger partial charge < -0.3 is 19.7 Å². The third-order valence-corrected chi connectivity index (χ3v) is 5.38. The van der Waals surface area contributed by atoms with Gasteiger partial charge in [-0.1, -0.05) is 13.8 Å². The molecule has 1 atom stereocenters. The number of hydrogen-bond donors (Lipinski definition) is 1. The van der Waals surface area contributed by atoms with Crippen molar-refractivity contribution < 1.29 is 14.3 Å². The van der Waals surface area contributed by atoms with Crippen molar-refractivity contribution >= 4 is 5.91 Å². The van der Waals surface area contributed by atoms with Gasteiger partial charge in [0.25, 0.3) is 0 Å². The quantitative estimate of drug-likeness (QED) is 0.674. The lowest BCUT2D eigenvalue weighted by molar-refractivity contribution is -0.121. The first-order valence-corrected chi connectivity index (χ1v) is 10.2. The van der Waals surface area contributed by atoms with Gasteiger partial charge in [0.2, 0.25) is 5.91 Å². The van der Waals surface area contributed by atoms with E-state index in [0.717, 1.165) is 35.9 Å². The molecule has 1 amide bonds. The van der Waals surface area contributed by atoms with E-state index in [2.05, 4.69) is 24.1 Å². The van der Waals surface area contributed by atoms with Gasteiger partial charge >= 0.3 is 0 Å². The third kappa shape index (κ3) is 7.41. The number of carbonyl (C=O) groups is 1. The number of carbonyl (C=O) groups excluding carboxylic acids is 1. The molecule has 5 heteroatoms. The van der Waals surface area contributed by atoms with Gasteiger partial charge in [0.05, 0.1) is 14.2 Å². The van der Waals surface area contributed by atoms with Gasteiger partial charge in [-0.05, 0) is 62.7 Å². The van der Waals surface area contributed by atoms with E-state index in [-0.39, 0.29) is 5.91 Å². The zero-order valence-electron chi connectivity index (χ0n) is 17.4. The van der Waals surface area contributed by atoms with E-state index in [9.17, 15) is 4.79 Å². The van der Waals surface area contributed by atoms with Crippen molar-refractivity contribution in [3.63, 3.8) is 0 Å². The Balaban J connectivity index is 1.73. The summed E-state index contributed by atoms with van der Waals surface area (Å²) in [6.07, 6.45) is 5.34. The van der Waals surface area contributed by atoms with Crippen LogP contribution in [0.3, 0.4) is 0 Å². The number of nitrogens with zero attached hydrogens (tertiary/aromatic N) is 1. The van der Waals surface area contributed by atoms with Crippen LogP contribution in [0.2, 0.25) is 0 Å². The zero-order valence-corrected chi connectivity index (χ0v) is 17.4. The van der Waals surface area contributed by atoms with Crippen molar-refractivity contribution in [2.75, 3.05) is 33.9 Å². The maximum Gasteiger partial charge on any atom is 0.220 e. The summed E-state index contributed by atoms with van der Waals surface area (Å²) in [5.74, 6) is 3.01. The summed E-state index contributed by atoms with van der Waals surface area (Å²) in [4.78, 5) is 14.9. The molecule has 0 unspecified atom stereocenters. The van der Waals surface area contributed by atoms with Crippen LogP contribution in [0.1, 0.15) is 51.5 Å². The fourth-order valence-electron chi connectivity index (χ4n) is 3.65. The monoisotopic (exact) mass is 376 g/mol. The van der Waals surface area contributed by atoms with E-state index in [0.29, 0.717) is 18.9 Å². The number of amides is 1. The molecule has 27 heavy (non-hydrogen) atoms. The highest BCUT2D eigenvalue weighted by molar-refractivity contribution is 5.75. The molecule has 0 radical (unpaired) electrons. The Hall–Kier alpha value is -1.75. The van der Waals surface area contributed by atoms with Crippen LogP contribution in [0.15, 0.2) is 18.2 Å². The number of nitrogens with one attached hydrogen (secondary N) is 1. The average Bonchev–Trinajstić information content (AvgIpc) is 2.69. The Morgan fingerprint density at radius 1 is 1.30 bits per heavy atom. The van der Waals surface area contributed by atoms with Gasteiger partial charge in [0, 0.05) is 31.1 Å². The predicted molar refractivity (Wildman–Crippen MR) is 109 cm³/mol. The third-order valence-electron chi connectivity index (χ3n) is 5.38. The second-order valence-corrected chi connectivity index (χ2v) is 7.98. The van der Waals surface area contributed by atoms with E-state index in [1.807, 2.05) is 18.2 Å². The summed E-state index contributed by atoms with van der Waals surface area (Å²) in [5.41, 5.74) is 0.962. The summed E-state index contributed by atoms with van der Waals surface area (Å²) in [7, 11) is 3.26. The minimum Gasteiger partial charge on any atom is -0.497 e. The number of hydrogen-bond acceptors (Lipinski definition) is 4. The molecule has 1 N–H and O–H groups in total. The van der Waals surface area contributed by atoms with Crippen molar-refractivity contribution in [2.45, 2.75) is 52.5 Å². The minimum absolute atomic E-state index is 0.118. The average molecular weight is 377 g/mol. The molecule has 5 nitrogen and oxygen atoms in total. The van der Waals surface area contributed by atoms with Crippen LogP contribution in [0.5, 0.6) is 11.5 Å². The van der Waals surface area contributed by atoms with E-state index in [1.54, 1.807) is 14.2 Å². The van der Waals surface area contributed by atoms with E-state index >= 15 is 0 Å². The van der Waals surface area contributed by atoms with Gasteiger partial charge in [0.15, 0.2) is 0 Å². The number of ether oxygens (including phenoxy) is 2. The van der Waals surface area contributed by atoms with Crippen LogP contribution in [-0.2, 0) is 11.3 Å².